The van der Waals surface area contributed by atoms with Crippen molar-refractivity contribution in [2.45, 2.75) is 96.2 Å². The Bertz CT molecular complexity index is 364. The van der Waals surface area contributed by atoms with Crippen molar-refractivity contribution in [1.29, 1.82) is 0 Å². The minimum atomic E-state index is -0.870. The van der Waals surface area contributed by atoms with Gasteiger partial charge in [0.05, 0.1) is 18.6 Å². The van der Waals surface area contributed by atoms with E-state index >= 15 is 0 Å². The maximum atomic E-state index is 10.9. The van der Waals surface area contributed by atoms with Crippen LogP contribution in [-0.2, 0) is 4.79 Å². The number of rotatable bonds is 13. The van der Waals surface area contributed by atoms with E-state index in [1.54, 1.807) is 0 Å². The van der Waals surface area contributed by atoms with Crippen LogP contribution in [0.4, 0.5) is 0 Å². The van der Waals surface area contributed by atoms with Gasteiger partial charge in [0.25, 0.3) is 0 Å². The van der Waals surface area contributed by atoms with E-state index in [-0.39, 0.29) is 18.4 Å². The van der Waals surface area contributed by atoms with Crippen molar-refractivity contribution < 1.29 is 20.1 Å². The third-order valence-corrected chi connectivity index (χ3v) is 4.86. The summed E-state index contributed by atoms with van der Waals surface area (Å²) in [5.41, 5.74) is 1.01. The Morgan fingerprint density at radius 1 is 1.17 bits per heavy atom. The number of carbonyl (C=O) groups is 1. The van der Waals surface area contributed by atoms with Crippen LogP contribution in [0.3, 0.4) is 0 Å². The Morgan fingerprint density at radius 3 is 2.48 bits per heavy atom. The van der Waals surface area contributed by atoms with Gasteiger partial charge in [0.2, 0.25) is 0 Å². The number of aliphatic hydroxyl groups excluding tert-OH is 2. The summed E-state index contributed by atoms with van der Waals surface area (Å²) in [4.78, 5) is 10.9. The summed E-state index contributed by atoms with van der Waals surface area (Å²) in [5.74, 6) is -1.14. The van der Waals surface area contributed by atoms with E-state index in [4.69, 9.17) is 5.11 Å². The molecule has 0 aliphatic heterocycles. The van der Waals surface area contributed by atoms with Crippen LogP contribution < -0.4 is 0 Å². The molecule has 0 heterocycles. The molecule has 134 valence electrons. The zero-order chi connectivity index (χ0) is 17.1. The highest BCUT2D eigenvalue weighted by Gasteiger charge is 2.29. The second-order valence-corrected chi connectivity index (χ2v) is 6.89. The molecular formula is C19H34O4. The Labute approximate surface area is 140 Å². The molecule has 0 amide bonds. The van der Waals surface area contributed by atoms with Gasteiger partial charge in [-0.1, -0.05) is 63.5 Å². The largest absolute Gasteiger partial charge is 0.481 e. The van der Waals surface area contributed by atoms with Gasteiger partial charge >= 0.3 is 5.97 Å². The molecule has 1 rings (SSSR count). The first-order valence-electron chi connectivity index (χ1n) is 9.31. The number of aliphatic carboxylic acids is 1. The summed E-state index contributed by atoms with van der Waals surface area (Å²) in [5, 5.41) is 28.9. The van der Waals surface area contributed by atoms with Crippen LogP contribution in [0, 0.1) is 5.92 Å². The van der Waals surface area contributed by atoms with Crippen molar-refractivity contribution in [2.24, 2.45) is 5.92 Å². The van der Waals surface area contributed by atoms with E-state index in [0.29, 0.717) is 19.3 Å². The molecule has 0 spiro atoms. The highest BCUT2D eigenvalue weighted by atomic mass is 16.4. The lowest BCUT2D eigenvalue weighted by Gasteiger charge is -2.18. The van der Waals surface area contributed by atoms with E-state index < -0.39 is 12.1 Å². The molecule has 0 saturated heterocycles. The lowest BCUT2D eigenvalue weighted by molar-refractivity contribution is -0.138. The average Bonchev–Trinajstić information content (AvgIpc) is 2.84. The van der Waals surface area contributed by atoms with Crippen LogP contribution in [-0.4, -0.2) is 33.5 Å². The van der Waals surface area contributed by atoms with Crippen molar-refractivity contribution in [3.05, 3.63) is 11.6 Å². The van der Waals surface area contributed by atoms with Crippen LogP contribution in [0.5, 0.6) is 0 Å². The first-order chi connectivity index (χ1) is 11.0. The highest BCUT2D eigenvalue weighted by molar-refractivity contribution is 5.67. The van der Waals surface area contributed by atoms with E-state index in [2.05, 4.69) is 6.92 Å². The molecule has 4 nitrogen and oxygen atoms in total. The Balaban J connectivity index is 2.13. The molecular weight excluding hydrogens is 292 g/mol. The van der Waals surface area contributed by atoms with Crippen LogP contribution in [0.15, 0.2) is 11.6 Å². The first kappa shape index (κ1) is 20.2. The first-order valence-corrected chi connectivity index (χ1v) is 9.31. The second-order valence-electron chi connectivity index (χ2n) is 6.89. The van der Waals surface area contributed by atoms with Crippen LogP contribution in [0.25, 0.3) is 0 Å². The molecule has 3 N–H and O–H groups in total. The molecule has 0 saturated carbocycles. The van der Waals surface area contributed by atoms with Crippen LogP contribution in [0.1, 0.15) is 84.0 Å². The number of carboxylic acid groups (broad SMARTS) is 1. The number of unbranched alkanes of at least 4 members (excludes halogenated alkanes) is 6. The van der Waals surface area contributed by atoms with Gasteiger partial charge < -0.3 is 15.3 Å². The fraction of sp³-hybridized carbons (Fsp3) is 0.842. The van der Waals surface area contributed by atoms with Gasteiger partial charge in [0.15, 0.2) is 0 Å². The van der Waals surface area contributed by atoms with Crippen LogP contribution >= 0.6 is 0 Å². The zero-order valence-electron chi connectivity index (χ0n) is 14.5. The van der Waals surface area contributed by atoms with Crippen molar-refractivity contribution in [3.8, 4) is 0 Å². The molecule has 1 aliphatic carbocycles. The van der Waals surface area contributed by atoms with Gasteiger partial charge in [-0.25, -0.2) is 0 Å². The van der Waals surface area contributed by atoms with Gasteiger partial charge in [-0.05, 0) is 25.7 Å². The molecule has 23 heavy (non-hydrogen) atoms. The fourth-order valence-electron chi connectivity index (χ4n) is 3.39. The smallest absolute Gasteiger partial charge is 0.304 e. The Morgan fingerprint density at radius 2 is 1.83 bits per heavy atom. The molecule has 3 unspecified atom stereocenters. The normalized spacial score (nSPS) is 22.1. The van der Waals surface area contributed by atoms with Gasteiger partial charge in [-0.3, -0.25) is 4.79 Å². The summed E-state index contributed by atoms with van der Waals surface area (Å²) in [6.45, 7) is 2.22. The molecule has 0 fully saturated rings. The van der Waals surface area contributed by atoms with Crippen LogP contribution in [0.2, 0.25) is 0 Å². The summed E-state index contributed by atoms with van der Waals surface area (Å²) >= 11 is 0. The minimum Gasteiger partial charge on any atom is -0.481 e. The van der Waals surface area contributed by atoms with Gasteiger partial charge in [-0.15, -0.1) is 0 Å². The Kier molecular flexibility index (Phi) is 10.2. The molecule has 3 atom stereocenters. The lowest BCUT2D eigenvalue weighted by atomic mass is 9.91. The summed E-state index contributed by atoms with van der Waals surface area (Å²) in [7, 11) is 0. The quantitative estimate of drug-likeness (QED) is 0.352. The molecule has 1 aliphatic rings. The van der Waals surface area contributed by atoms with Crippen molar-refractivity contribution >= 4 is 5.97 Å². The fourth-order valence-corrected chi connectivity index (χ4v) is 3.39. The molecule has 0 aromatic rings. The summed E-state index contributed by atoms with van der Waals surface area (Å²) in [6.07, 6.45) is 12.5. The van der Waals surface area contributed by atoms with Crippen molar-refractivity contribution in [1.82, 2.24) is 0 Å². The lowest BCUT2D eigenvalue weighted by Crippen LogP contribution is -2.20. The SMILES string of the molecule is CCCCCCCCCC(O)CCC1=CCC(O)C1CC(=O)O. The monoisotopic (exact) mass is 326 g/mol. The second kappa shape index (κ2) is 11.6. The number of hydrogen-bond donors (Lipinski definition) is 3. The summed E-state index contributed by atoms with van der Waals surface area (Å²) < 4.78 is 0. The topological polar surface area (TPSA) is 77.8 Å². The van der Waals surface area contributed by atoms with Gasteiger partial charge in [0.1, 0.15) is 0 Å². The van der Waals surface area contributed by atoms with E-state index in [1.165, 1.54) is 38.5 Å². The minimum absolute atomic E-state index is 0.0130. The average molecular weight is 326 g/mol. The molecule has 0 bridgehead atoms. The predicted molar refractivity (Wildman–Crippen MR) is 92.3 cm³/mol. The predicted octanol–water partition coefficient (Wildman–Crippen LogP) is 4.05. The zero-order valence-corrected chi connectivity index (χ0v) is 14.5. The molecule has 0 aromatic carbocycles. The van der Waals surface area contributed by atoms with Crippen molar-refractivity contribution in [2.75, 3.05) is 0 Å². The highest BCUT2D eigenvalue weighted by Crippen LogP contribution is 2.32. The number of hydrogen-bond acceptors (Lipinski definition) is 3. The maximum absolute atomic E-state index is 10.9. The van der Waals surface area contributed by atoms with E-state index in [1.807, 2.05) is 6.08 Å². The van der Waals surface area contributed by atoms with Crippen molar-refractivity contribution in [3.63, 3.8) is 0 Å². The van der Waals surface area contributed by atoms with Gasteiger partial charge in [-0.2, -0.15) is 0 Å². The number of aliphatic hydroxyl groups is 2. The Hall–Kier alpha value is -0.870. The molecule has 0 aromatic heterocycles. The maximum Gasteiger partial charge on any atom is 0.304 e. The van der Waals surface area contributed by atoms with E-state index in [9.17, 15) is 15.0 Å². The third-order valence-electron chi connectivity index (χ3n) is 4.86. The number of carboxylic acids is 1. The summed E-state index contributed by atoms with van der Waals surface area (Å²) in [6, 6.07) is 0. The standard InChI is InChI=1S/C19H34O4/c1-2-3-4-5-6-7-8-9-16(20)12-10-15-11-13-18(21)17(15)14-19(22)23/h11,16-18,20-21H,2-10,12-14H2,1H3,(H,22,23). The van der Waals surface area contributed by atoms with E-state index in [0.717, 1.165) is 18.4 Å². The third kappa shape index (κ3) is 8.52. The molecule has 4 heteroatoms. The van der Waals surface area contributed by atoms with Gasteiger partial charge in [0, 0.05) is 5.92 Å². The molecule has 0 radical (unpaired) electrons.